The molecule has 2 rings (SSSR count). The lowest BCUT2D eigenvalue weighted by atomic mass is 10.1. The average molecular weight is 446 g/mol. The Bertz CT molecular complexity index is 680. The van der Waals surface area contributed by atoms with Crippen molar-refractivity contribution < 1.29 is 8.81 Å². The Hall–Kier alpha value is -1.64. The number of nitrogens with zero attached hydrogens (tertiary/aromatic N) is 2. The first-order valence-corrected chi connectivity index (χ1v) is 7.69. The van der Waals surface area contributed by atoms with Gasteiger partial charge in [0.05, 0.1) is 18.8 Å². The predicted molar refractivity (Wildman–Crippen MR) is 104 cm³/mol. The van der Waals surface area contributed by atoms with Gasteiger partial charge in [-0.3, -0.25) is 0 Å². The minimum Gasteiger partial charge on any atom is -0.444 e. The zero-order chi connectivity index (χ0) is 16.8. The van der Waals surface area contributed by atoms with E-state index < -0.39 is 0 Å². The minimum atomic E-state index is -0.207. The number of halogens is 2. The number of benzene rings is 1. The number of rotatable bonds is 5. The zero-order valence-corrected chi connectivity index (χ0v) is 16.8. The van der Waals surface area contributed by atoms with Gasteiger partial charge in [-0.05, 0) is 44.9 Å². The molecular formula is C17H24FIN4O. The molecule has 0 saturated heterocycles. The van der Waals surface area contributed by atoms with Crippen LogP contribution >= 0.6 is 24.0 Å². The largest absolute Gasteiger partial charge is 0.444 e. The van der Waals surface area contributed by atoms with E-state index in [4.69, 9.17) is 4.42 Å². The summed E-state index contributed by atoms with van der Waals surface area (Å²) in [7, 11) is 0. The van der Waals surface area contributed by atoms with Crippen LogP contribution in [-0.4, -0.2) is 17.5 Å². The number of aromatic nitrogens is 1. The maximum absolute atomic E-state index is 13.6. The first-order valence-electron chi connectivity index (χ1n) is 7.69. The molecule has 0 atom stereocenters. The highest BCUT2D eigenvalue weighted by atomic mass is 127. The van der Waals surface area contributed by atoms with Crippen LogP contribution in [0, 0.1) is 26.6 Å². The lowest BCUT2D eigenvalue weighted by molar-refractivity contribution is 0.463. The molecule has 1 heterocycles. The van der Waals surface area contributed by atoms with Crippen LogP contribution in [0.25, 0.3) is 0 Å². The van der Waals surface area contributed by atoms with E-state index in [0.29, 0.717) is 30.5 Å². The molecule has 0 fully saturated rings. The van der Waals surface area contributed by atoms with E-state index in [2.05, 4.69) is 20.6 Å². The van der Waals surface area contributed by atoms with Gasteiger partial charge < -0.3 is 15.1 Å². The molecule has 1 aromatic heterocycles. The van der Waals surface area contributed by atoms with Crippen molar-refractivity contribution in [3.05, 3.63) is 52.5 Å². The van der Waals surface area contributed by atoms with E-state index >= 15 is 0 Å². The quantitative estimate of drug-likeness (QED) is 0.419. The van der Waals surface area contributed by atoms with Crippen molar-refractivity contribution in [1.29, 1.82) is 0 Å². The number of aryl methyl sites for hydroxylation is 3. The van der Waals surface area contributed by atoms with Crippen LogP contribution in [-0.2, 0) is 13.1 Å². The molecular weight excluding hydrogens is 422 g/mol. The monoisotopic (exact) mass is 446 g/mol. The molecule has 0 spiro atoms. The molecule has 0 radical (unpaired) electrons. The van der Waals surface area contributed by atoms with Gasteiger partial charge in [-0.15, -0.1) is 24.0 Å². The average Bonchev–Trinajstić information content (AvgIpc) is 2.84. The van der Waals surface area contributed by atoms with Crippen LogP contribution in [0.3, 0.4) is 0 Å². The van der Waals surface area contributed by atoms with Crippen molar-refractivity contribution in [3.63, 3.8) is 0 Å². The summed E-state index contributed by atoms with van der Waals surface area (Å²) in [6.07, 6.45) is 0. The van der Waals surface area contributed by atoms with Gasteiger partial charge in [0, 0.05) is 6.54 Å². The molecule has 0 aliphatic rings. The molecule has 0 bridgehead atoms. The van der Waals surface area contributed by atoms with Crippen LogP contribution < -0.4 is 10.6 Å². The van der Waals surface area contributed by atoms with Crippen LogP contribution in [0.4, 0.5) is 4.39 Å². The van der Waals surface area contributed by atoms with Crippen molar-refractivity contribution in [2.75, 3.05) is 6.54 Å². The fraction of sp³-hybridized carbons (Fsp3) is 0.412. The van der Waals surface area contributed by atoms with Crippen LogP contribution in [0.15, 0.2) is 27.6 Å². The van der Waals surface area contributed by atoms with Crippen molar-refractivity contribution in [1.82, 2.24) is 15.6 Å². The summed E-state index contributed by atoms with van der Waals surface area (Å²) in [6, 6.07) is 5.16. The number of nitrogens with one attached hydrogen (secondary N) is 2. The number of guanidine groups is 1. The Kier molecular flexibility index (Phi) is 8.17. The Labute approximate surface area is 159 Å². The summed E-state index contributed by atoms with van der Waals surface area (Å²) in [5.41, 5.74) is 2.35. The number of aliphatic imine (C=N–C) groups is 1. The van der Waals surface area contributed by atoms with Gasteiger partial charge in [0.1, 0.15) is 11.6 Å². The maximum atomic E-state index is 13.6. The molecule has 0 saturated carbocycles. The van der Waals surface area contributed by atoms with E-state index in [1.165, 1.54) is 6.07 Å². The van der Waals surface area contributed by atoms with Crippen LogP contribution in [0.1, 0.15) is 35.4 Å². The third-order valence-electron chi connectivity index (χ3n) is 3.48. The number of hydrogen-bond acceptors (Lipinski definition) is 3. The van der Waals surface area contributed by atoms with Crippen molar-refractivity contribution in [3.8, 4) is 0 Å². The highest BCUT2D eigenvalue weighted by molar-refractivity contribution is 14.0. The van der Waals surface area contributed by atoms with Crippen molar-refractivity contribution >= 4 is 29.9 Å². The van der Waals surface area contributed by atoms with Gasteiger partial charge in [0.2, 0.25) is 5.89 Å². The molecule has 24 heavy (non-hydrogen) atoms. The standard InChI is InChI=1S/C17H23FN4O.HI/c1-5-19-17(21-10-16-22-12(3)13(4)23-16)20-9-14-7-6-11(2)15(18)8-14;/h6-8H,5,9-10H2,1-4H3,(H2,19,20,21);1H. The highest BCUT2D eigenvalue weighted by Crippen LogP contribution is 2.10. The van der Waals surface area contributed by atoms with Crippen LogP contribution in [0.5, 0.6) is 0 Å². The molecule has 2 aromatic rings. The highest BCUT2D eigenvalue weighted by Gasteiger charge is 2.06. The molecule has 0 aliphatic carbocycles. The zero-order valence-electron chi connectivity index (χ0n) is 14.4. The van der Waals surface area contributed by atoms with Crippen LogP contribution in [0.2, 0.25) is 0 Å². The van der Waals surface area contributed by atoms with Crippen molar-refractivity contribution in [2.24, 2.45) is 4.99 Å². The molecule has 132 valence electrons. The van der Waals surface area contributed by atoms with Gasteiger partial charge in [-0.1, -0.05) is 12.1 Å². The smallest absolute Gasteiger partial charge is 0.214 e. The minimum absolute atomic E-state index is 0. The van der Waals surface area contributed by atoms with E-state index in [9.17, 15) is 4.39 Å². The topological polar surface area (TPSA) is 62.5 Å². The summed E-state index contributed by atoms with van der Waals surface area (Å²) >= 11 is 0. The first-order chi connectivity index (χ1) is 11.0. The second-order valence-corrected chi connectivity index (χ2v) is 5.38. The van der Waals surface area contributed by atoms with E-state index in [1.54, 1.807) is 13.0 Å². The molecule has 2 N–H and O–H groups in total. The SMILES string of the molecule is CCNC(=NCc1ccc(C)c(F)c1)NCc1nc(C)c(C)o1.I. The molecule has 0 aliphatic heterocycles. The van der Waals surface area contributed by atoms with Gasteiger partial charge in [-0.2, -0.15) is 0 Å². The molecule has 1 aromatic carbocycles. The molecule has 0 unspecified atom stereocenters. The fourth-order valence-electron chi connectivity index (χ4n) is 2.02. The Balaban J connectivity index is 0.00000288. The maximum Gasteiger partial charge on any atom is 0.214 e. The van der Waals surface area contributed by atoms with Gasteiger partial charge in [-0.25, -0.2) is 14.4 Å². The lowest BCUT2D eigenvalue weighted by Crippen LogP contribution is -2.36. The third kappa shape index (κ3) is 5.77. The van der Waals surface area contributed by atoms with Gasteiger partial charge in [0.25, 0.3) is 0 Å². The fourth-order valence-corrected chi connectivity index (χ4v) is 2.02. The molecule has 7 heteroatoms. The molecule has 0 amide bonds. The summed E-state index contributed by atoms with van der Waals surface area (Å²) in [5.74, 6) is 1.87. The van der Waals surface area contributed by atoms with E-state index in [0.717, 1.165) is 23.6 Å². The van der Waals surface area contributed by atoms with Gasteiger partial charge >= 0.3 is 0 Å². The summed E-state index contributed by atoms with van der Waals surface area (Å²) in [5, 5.41) is 6.31. The second-order valence-electron chi connectivity index (χ2n) is 5.38. The van der Waals surface area contributed by atoms with Gasteiger partial charge in [0.15, 0.2) is 5.96 Å². The van der Waals surface area contributed by atoms with E-state index in [1.807, 2.05) is 26.8 Å². The second kappa shape index (κ2) is 9.61. The Morgan fingerprint density at radius 2 is 2.00 bits per heavy atom. The number of oxazole rings is 1. The van der Waals surface area contributed by atoms with Crippen molar-refractivity contribution in [2.45, 2.75) is 40.8 Å². The predicted octanol–water partition coefficient (Wildman–Crippen LogP) is 3.61. The Morgan fingerprint density at radius 1 is 1.25 bits per heavy atom. The lowest BCUT2D eigenvalue weighted by Gasteiger charge is -2.10. The number of hydrogen-bond donors (Lipinski definition) is 2. The first kappa shape index (κ1) is 20.4. The van der Waals surface area contributed by atoms with E-state index in [-0.39, 0.29) is 29.8 Å². The molecule has 5 nitrogen and oxygen atoms in total. The Morgan fingerprint density at radius 3 is 2.58 bits per heavy atom. The summed E-state index contributed by atoms with van der Waals surface area (Å²) in [6.45, 7) is 9.11. The summed E-state index contributed by atoms with van der Waals surface area (Å²) in [4.78, 5) is 8.78. The normalized spacial score (nSPS) is 11.1. The third-order valence-corrected chi connectivity index (χ3v) is 3.48. The summed E-state index contributed by atoms with van der Waals surface area (Å²) < 4.78 is 19.1.